The molecule has 1 aromatic carbocycles. The number of ether oxygens (including phenoxy) is 1. The molecule has 0 amide bonds. The fraction of sp³-hybridized carbons (Fsp3) is 0.308. The number of ketones is 1. The standard InChI is InChI=1S/C13H14O2/c1-9(14)10(2)15-13-7-11-5-3-4-6-12(11)8-13/h3-6,13H,2,7-8H2,1H3. The lowest BCUT2D eigenvalue weighted by molar-refractivity contribution is -0.117. The summed E-state index contributed by atoms with van der Waals surface area (Å²) in [6.45, 7) is 5.09. The molecular weight excluding hydrogens is 188 g/mol. The van der Waals surface area contributed by atoms with Crippen LogP contribution in [0.5, 0.6) is 0 Å². The molecule has 2 nitrogen and oxygen atoms in total. The van der Waals surface area contributed by atoms with E-state index in [0.717, 1.165) is 12.8 Å². The number of allylic oxidation sites excluding steroid dienone is 1. The van der Waals surface area contributed by atoms with Crippen LogP contribution >= 0.6 is 0 Å². The third-order valence-electron chi connectivity index (χ3n) is 2.72. The van der Waals surface area contributed by atoms with E-state index in [4.69, 9.17) is 4.74 Å². The van der Waals surface area contributed by atoms with Crippen molar-refractivity contribution in [3.8, 4) is 0 Å². The maximum atomic E-state index is 11.0. The number of carbonyl (C=O) groups excluding carboxylic acids is 1. The normalized spacial score (nSPS) is 14.7. The number of hydrogen-bond donors (Lipinski definition) is 0. The van der Waals surface area contributed by atoms with E-state index in [1.54, 1.807) is 0 Å². The van der Waals surface area contributed by atoms with Crippen molar-refractivity contribution in [1.29, 1.82) is 0 Å². The highest BCUT2D eigenvalue weighted by Gasteiger charge is 2.23. The molecule has 1 aliphatic carbocycles. The Hall–Kier alpha value is -1.57. The van der Waals surface area contributed by atoms with Gasteiger partial charge < -0.3 is 4.74 Å². The first-order valence-corrected chi connectivity index (χ1v) is 5.10. The first kappa shape index (κ1) is 9.97. The quantitative estimate of drug-likeness (QED) is 0.555. The molecule has 0 atom stereocenters. The fourth-order valence-corrected chi connectivity index (χ4v) is 1.89. The van der Waals surface area contributed by atoms with E-state index in [0.29, 0.717) is 0 Å². The zero-order valence-corrected chi connectivity index (χ0v) is 8.82. The molecule has 15 heavy (non-hydrogen) atoms. The van der Waals surface area contributed by atoms with Crippen LogP contribution in [0, 0.1) is 0 Å². The maximum Gasteiger partial charge on any atom is 0.193 e. The molecule has 0 saturated heterocycles. The average Bonchev–Trinajstić information content (AvgIpc) is 2.59. The predicted molar refractivity (Wildman–Crippen MR) is 58.5 cm³/mol. The number of rotatable bonds is 3. The SMILES string of the molecule is C=C(OC1Cc2ccccc2C1)C(C)=O. The molecule has 2 heteroatoms. The second-order valence-corrected chi connectivity index (χ2v) is 3.90. The zero-order valence-electron chi connectivity index (χ0n) is 8.82. The van der Waals surface area contributed by atoms with Crippen molar-refractivity contribution in [2.45, 2.75) is 25.9 Å². The van der Waals surface area contributed by atoms with Crippen molar-refractivity contribution >= 4 is 5.78 Å². The van der Waals surface area contributed by atoms with Crippen molar-refractivity contribution in [3.05, 3.63) is 47.7 Å². The number of benzene rings is 1. The minimum absolute atomic E-state index is 0.0822. The highest BCUT2D eigenvalue weighted by atomic mass is 16.5. The molecular formula is C13H14O2. The van der Waals surface area contributed by atoms with Gasteiger partial charge in [0.15, 0.2) is 11.5 Å². The molecule has 78 valence electrons. The molecule has 0 saturated carbocycles. The second kappa shape index (κ2) is 3.89. The monoisotopic (exact) mass is 202 g/mol. The van der Waals surface area contributed by atoms with Crippen LogP contribution in [0.3, 0.4) is 0 Å². The summed E-state index contributed by atoms with van der Waals surface area (Å²) >= 11 is 0. The van der Waals surface area contributed by atoms with Gasteiger partial charge in [0, 0.05) is 19.8 Å². The van der Waals surface area contributed by atoms with Gasteiger partial charge in [-0.15, -0.1) is 0 Å². The minimum atomic E-state index is -0.0917. The van der Waals surface area contributed by atoms with Crippen molar-refractivity contribution < 1.29 is 9.53 Å². The van der Waals surface area contributed by atoms with E-state index in [9.17, 15) is 4.79 Å². The third kappa shape index (κ3) is 2.09. The molecule has 0 aromatic heterocycles. The molecule has 1 aliphatic rings. The van der Waals surface area contributed by atoms with Gasteiger partial charge in [0.25, 0.3) is 0 Å². The summed E-state index contributed by atoms with van der Waals surface area (Å²) in [5, 5.41) is 0. The second-order valence-electron chi connectivity index (χ2n) is 3.90. The van der Waals surface area contributed by atoms with Crippen LogP contribution in [-0.2, 0) is 22.4 Å². The Labute approximate surface area is 89.6 Å². The molecule has 0 bridgehead atoms. The highest BCUT2D eigenvalue weighted by molar-refractivity contribution is 5.90. The van der Waals surface area contributed by atoms with Crippen LogP contribution in [0.25, 0.3) is 0 Å². The Morgan fingerprint density at radius 3 is 2.33 bits per heavy atom. The zero-order chi connectivity index (χ0) is 10.8. The smallest absolute Gasteiger partial charge is 0.193 e. The van der Waals surface area contributed by atoms with Crippen LogP contribution in [-0.4, -0.2) is 11.9 Å². The number of carbonyl (C=O) groups is 1. The van der Waals surface area contributed by atoms with Crippen molar-refractivity contribution in [2.75, 3.05) is 0 Å². The molecule has 1 aromatic rings. The van der Waals surface area contributed by atoms with Gasteiger partial charge in [-0.2, -0.15) is 0 Å². The molecule has 2 rings (SSSR count). The van der Waals surface area contributed by atoms with Crippen molar-refractivity contribution in [2.24, 2.45) is 0 Å². The van der Waals surface area contributed by atoms with Crippen LogP contribution in [0.2, 0.25) is 0 Å². The van der Waals surface area contributed by atoms with Gasteiger partial charge in [-0.3, -0.25) is 4.79 Å². The van der Waals surface area contributed by atoms with Gasteiger partial charge in [-0.05, 0) is 11.1 Å². The topological polar surface area (TPSA) is 26.3 Å². The summed E-state index contributed by atoms with van der Waals surface area (Å²) in [5.41, 5.74) is 2.64. The summed E-state index contributed by atoms with van der Waals surface area (Å²) in [5.74, 6) is 0.179. The number of Topliss-reactive ketones (excluding diaryl/α,β-unsaturated/α-hetero) is 1. The van der Waals surface area contributed by atoms with E-state index in [2.05, 4.69) is 18.7 Å². The molecule has 0 N–H and O–H groups in total. The van der Waals surface area contributed by atoms with E-state index in [1.807, 2.05) is 12.1 Å². The Morgan fingerprint density at radius 2 is 1.87 bits per heavy atom. The molecule has 0 aliphatic heterocycles. The molecule has 0 heterocycles. The van der Waals surface area contributed by atoms with Gasteiger partial charge in [0.2, 0.25) is 0 Å². The summed E-state index contributed by atoms with van der Waals surface area (Å²) in [6, 6.07) is 8.27. The average molecular weight is 202 g/mol. The lowest BCUT2D eigenvalue weighted by Gasteiger charge is -2.12. The van der Waals surface area contributed by atoms with Gasteiger partial charge >= 0.3 is 0 Å². The Morgan fingerprint density at radius 1 is 1.33 bits per heavy atom. The summed E-state index contributed by atoms with van der Waals surface area (Å²) in [7, 11) is 0. The van der Waals surface area contributed by atoms with E-state index in [-0.39, 0.29) is 17.6 Å². The number of hydrogen-bond acceptors (Lipinski definition) is 2. The van der Waals surface area contributed by atoms with Crippen LogP contribution in [0.1, 0.15) is 18.1 Å². The summed E-state index contributed by atoms with van der Waals surface area (Å²) < 4.78 is 5.51. The van der Waals surface area contributed by atoms with Crippen LogP contribution < -0.4 is 0 Å². The molecule has 0 fully saturated rings. The first-order valence-electron chi connectivity index (χ1n) is 5.10. The molecule has 0 radical (unpaired) electrons. The molecule has 0 unspecified atom stereocenters. The number of fused-ring (bicyclic) bond motifs is 1. The van der Waals surface area contributed by atoms with Gasteiger partial charge in [-0.25, -0.2) is 0 Å². The lowest BCUT2D eigenvalue weighted by atomic mass is 10.1. The highest BCUT2D eigenvalue weighted by Crippen LogP contribution is 2.24. The summed E-state index contributed by atoms with van der Waals surface area (Å²) in [4.78, 5) is 11.0. The summed E-state index contributed by atoms with van der Waals surface area (Å²) in [6.07, 6.45) is 1.84. The fourth-order valence-electron chi connectivity index (χ4n) is 1.89. The Bertz CT molecular complexity index is 382. The minimum Gasteiger partial charge on any atom is -0.487 e. The third-order valence-corrected chi connectivity index (χ3v) is 2.72. The Kier molecular flexibility index (Phi) is 2.58. The van der Waals surface area contributed by atoms with Gasteiger partial charge in [0.05, 0.1) is 0 Å². The van der Waals surface area contributed by atoms with Crippen molar-refractivity contribution in [3.63, 3.8) is 0 Å². The first-order chi connectivity index (χ1) is 7.16. The predicted octanol–water partition coefficient (Wildman–Crippen LogP) is 2.27. The lowest BCUT2D eigenvalue weighted by Crippen LogP contribution is -2.14. The Balaban J connectivity index is 2.02. The molecule has 0 spiro atoms. The van der Waals surface area contributed by atoms with Gasteiger partial charge in [0.1, 0.15) is 6.10 Å². The van der Waals surface area contributed by atoms with E-state index >= 15 is 0 Å². The van der Waals surface area contributed by atoms with E-state index < -0.39 is 0 Å². The van der Waals surface area contributed by atoms with E-state index in [1.165, 1.54) is 18.1 Å². The van der Waals surface area contributed by atoms with Gasteiger partial charge in [-0.1, -0.05) is 30.8 Å². The maximum absolute atomic E-state index is 11.0. The van der Waals surface area contributed by atoms with Crippen LogP contribution in [0.4, 0.5) is 0 Å². The largest absolute Gasteiger partial charge is 0.487 e. The van der Waals surface area contributed by atoms with Crippen molar-refractivity contribution in [1.82, 2.24) is 0 Å². The van der Waals surface area contributed by atoms with Crippen LogP contribution in [0.15, 0.2) is 36.6 Å².